The van der Waals surface area contributed by atoms with Gasteiger partial charge in [-0.25, -0.2) is 4.98 Å². The van der Waals surface area contributed by atoms with Crippen LogP contribution in [0.4, 0.5) is 5.82 Å². The van der Waals surface area contributed by atoms with Gasteiger partial charge >= 0.3 is 0 Å². The SMILES string of the molecule is CCc1cc(CCl)cc(N2CCCN3CCCC3C2)n1. The molecular formula is C16H24ClN3. The van der Waals surface area contributed by atoms with E-state index in [0.717, 1.165) is 37.1 Å². The first-order valence-electron chi connectivity index (χ1n) is 7.85. The number of alkyl halides is 1. The van der Waals surface area contributed by atoms with Gasteiger partial charge in [0.25, 0.3) is 0 Å². The normalized spacial score (nSPS) is 23.7. The number of hydrogen-bond donors (Lipinski definition) is 0. The minimum Gasteiger partial charge on any atom is -0.355 e. The van der Waals surface area contributed by atoms with Crippen molar-refractivity contribution < 1.29 is 0 Å². The van der Waals surface area contributed by atoms with Gasteiger partial charge in [-0.1, -0.05) is 6.92 Å². The first-order valence-corrected chi connectivity index (χ1v) is 8.38. The van der Waals surface area contributed by atoms with Crippen molar-refractivity contribution in [3.05, 3.63) is 23.4 Å². The Kier molecular flexibility index (Phi) is 4.47. The number of anilines is 1. The van der Waals surface area contributed by atoms with Gasteiger partial charge < -0.3 is 4.90 Å². The number of hydrogen-bond acceptors (Lipinski definition) is 3. The van der Waals surface area contributed by atoms with Gasteiger partial charge in [0, 0.05) is 37.3 Å². The summed E-state index contributed by atoms with van der Waals surface area (Å²) in [6, 6.07) is 5.04. The van der Waals surface area contributed by atoms with Crippen molar-refractivity contribution in [3.8, 4) is 0 Å². The zero-order valence-electron chi connectivity index (χ0n) is 12.3. The van der Waals surface area contributed by atoms with Crippen molar-refractivity contribution in [1.82, 2.24) is 9.88 Å². The minimum absolute atomic E-state index is 0.575. The van der Waals surface area contributed by atoms with Crippen molar-refractivity contribution in [2.75, 3.05) is 31.1 Å². The third-order valence-electron chi connectivity index (χ3n) is 4.57. The lowest BCUT2D eigenvalue weighted by molar-refractivity contribution is 0.273. The van der Waals surface area contributed by atoms with Gasteiger partial charge in [0.1, 0.15) is 5.82 Å². The van der Waals surface area contributed by atoms with Crippen LogP contribution < -0.4 is 4.90 Å². The maximum atomic E-state index is 6.03. The molecule has 1 aromatic rings. The van der Waals surface area contributed by atoms with E-state index < -0.39 is 0 Å². The molecule has 2 fully saturated rings. The van der Waals surface area contributed by atoms with E-state index in [1.54, 1.807) is 0 Å². The van der Waals surface area contributed by atoms with Crippen LogP contribution in [-0.2, 0) is 12.3 Å². The molecule has 0 bridgehead atoms. The molecule has 4 heteroatoms. The van der Waals surface area contributed by atoms with Crippen molar-refractivity contribution in [2.45, 2.75) is 44.5 Å². The fraction of sp³-hybridized carbons (Fsp3) is 0.688. The molecule has 0 amide bonds. The Morgan fingerprint density at radius 2 is 2.10 bits per heavy atom. The molecule has 1 unspecified atom stereocenters. The monoisotopic (exact) mass is 293 g/mol. The first-order chi connectivity index (χ1) is 9.80. The third-order valence-corrected chi connectivity index (χ3v) is 4.88. The smallest absolute Gasteiger partial charge is 0.129 e. The van der Waals surface area contributed by atoms with Crippen molar-refractivity contribution in [3.63, 3.8) is 0 Å². The maximum Gasteiger partial charge on any atom is 0.129 e. The molecule has 2 aliphatic rings. The highest BCUT2D eigenvalue weighted by Gasteiger charge is 2.29. The van der Waals surface area contributed by atoms with Crippen LogP contribution in [0, 0.1) is 0 Å². The Balaban J connectivity index is 1.83. The summed E-state index contributed by atoms with van der Waals surface area (Å²) in [5.74, 6) is 1.71. The second-order valence-corrected chi connectivity index (χ2v) is 6.21. The molecule has 0 aromatic carbocycles. The molecule has 1 atom stereocenters. The number of aromatic nitrogens is 1. The molecule has 110 valence electrons. The molecule has 0 radical (unpaired) electrons. The Morgan fingerprint density at radius 3 is 2.90 bits per heavy atom. The van der Waals surface area contributed by atoms with Crippen molar-refractivity contribution in [2.24, 2.45) is 0 Å². The largest absolute Gasteiger partial charge is 0.355 e. The Labute approximate surface area is 126 Å². The fourth-order valence-corrected chi connectivity index (χ4v) is 3.62. The highest BCUT2D eigenvalue weighted by molar-refractivity contribution is 6.17. The minimum atomic E-state index is 0.575. The average molecular weight is 294 g/mol. The molecule has 0 saturated carbocycles. The quantitative estimate of drug-likeness (QED) is 0.799. The van der Waals surface area contributed by atoms with Gasteiger partial charge in [0.2, 0.25) is 0 Å². The Morgan fingerprint density at radius 1 is 1.25 bits per heavy atom. The number of aryl methyl sites for hydroxylation is 1. The molecule has 3 rings (SSSR count). The molecule has 3 heterocycles. The zero-order chi connectivity index (χ0) is 13.9. The average Bonchev–Trinajstić information content (AvgIpc) is 2.83. The summed E-state index contributed by atoms with van der Waals surface area (Å²) in [5.41, 5.74) is 2.35. The highest BCUT2D eigenvalue weighted by Crippen LogP contribution is 2.25. The van der Waals surface area contributed by atoms with Gasteiger partial charge in [-0.3, -0.25) is 4.90 Å². The highest BCUT2D eigenvalue weighted by atomic mass is 35.5. The maximum absolute atomic E-state index is 6.03. The summed E-state index contributed by atoms with van der Waals surface area (Å²) >= 11 is 6.03. The van der Waals surface area contributed by atoms with Crippen LogP contribution in [0.25, 0.3) is 0 Å². The molecule has 0 aliphatic carbocycles. The van der Waals surface area contributed by atoms with Gasteiger partial charge in [-0.05, 0) is 49.9 Å². The van der Waals surface area contributed by atoms with Crippen LogP contribution in [0.2, 0.25) is 0 Å². The standard InChI is InChI=1S/C16H24ClN3/c1-2-14-9-13(11-17)10-16(18-14)20-8-4-7-19-6-3-5-15(19)12-20/h9-10,15H,2-8,11-12H2,1H3. The van der Waals surface area contributed by atoms with E-state index in [0.29, 0.717) is 5.88 Å². The second-order valence-electron chi connectivity index (χ2n) is 5.94. The summed E-state index contributed by atoms with van der Waals surface area (Å²) in [7, 11) is 0. The van der Waals surface area contributed by atoms with E-state index in [4.69, 9.17) is 16.6 Å². The van der Waals surface area contributed by atoms with Gasteiger partial charge in [0.15, 0.2) is 0 Å². The van der Waals surface area contributed by atoms with E-state index in [1.165, 1.54) is 37.9 Å². The summed E-state index contributed by atoms with van der Waals surface area (Å²) in [6.07, 6.45) is 4.91. The van der Waals surface area contributed by atoms with Gasteiger partial charge in [-0.2, -0.15) is 0 Å². The number of nitrogens with zero attached hydrogens (tertiary/aromatic N) is 3. The first kappa shape index (κ1) is 14.2. The van der Waals surface area contributed by atoms with E-state index >= 15 is 0 Å². The summed E-state index contributed by atoms with van der Waals surface area (Å²) in [6.45, 7) is 6.94. The van der Waals surface area contributed by atoms with Crippen molar-refractivity contribution >= 4 is 17.4 Å². The molecule has 0 N–H and O–H groups in total. The molecule has 0 spiro atoms. The lowest BCUT2D eigenvalue weighted by atomic mass is 10.2. The number of pyridine rings is 1. The summed E-state index contributed by atoms with van der Waals surface area (Å²) in [4.78, 5) is 9.96. The van der Waals surface area contributed by atoms with Crippen LogP contribution in [0.1, 0.15) is 37.4 Å². The molecule has 2 saturated heterocycles. The molecule has 3 nitrogen and oxygen atoms in total. The van der Waals surface area contributed by atoms with Crippen LogP contribution in [0.3, 0.4) is 0 Å². The van der Waals surface area contributed by atoms with Gasteiger partial charge in [-0.15, -0.1) is 11.6 Å². The molecule has 2 aliphatic heterocycles. The van der Waals surface area contributed by atoms with Crippen LogP contribution in [0.15, 0.2) is 12.1 Å². The lowest BCUT2D eigenvalue weighted by Crippen LogP contribution is -2.37. The van der Waals surface area contributed by atoms with E-state index in [-0.39, 0.29) is 0 Å². The van der Waals surface area contributed by atoms with E-state index in [9.17, 15) is 0 Å². The molecule has 1 aromatic heterocycles. The topological polar surface area (TPSA) is 19.4 Å². The fourth-order valence-electron chi connectivity index (χ4n) is 3.47. The second kappa shape index (κ2) is 6.31. The molecule has 20 heavy (non-hydrogen) atoms. The van der Waals surface area contributed by atoms with Crippen molar-refractivity contribution in [1.29, 1.82) is 0 Å². The number of rotatable bonds is 3. The number of fused-ring (bicyclic) bond motifs is 1. The third kappa shape index (κ3) is 2.94. The Hall–Kier alpha value is -0.800. The van der Waals surface area contributed by atoms with E-state index in [1.807, 2.05) is 0 Å². The summed E-state index contributed by atoms with van der Waals surface area (Å²) in [5, 5.41) is 0. The predicted octanol–water partition coefficient (Wildman–Crippen LogP) is 3.06. The molecular weight excluding hydrogens is 270 g/mol. The zero-order valence-corrected chi connectivity index (χ0v) is 13.1. The lowest BCUT2D eigenvalue weighted by Gasteiger charge is -2.27. The number of halogens is 1. The predicted molar refractivity (Wildman–Crippen MR) is 84.6 cm³/mol. The van der Waals surface area contributed by atoms with Crippen LogP contribution in [-0.4, -0.2) is 42.1 Å². The van der Waals surface area contributed by atoms with Gasteiger partial charge in [0.05, 0.1) is 0 Å². The Bertz CT molecular complexity index is 441. The van der Waals surface area contributed by atoms with Crippen LogP contribution in [0.5, 0.6) is 0 Å². The summed E-state index contributed by atoms with van der Waals surface area (Å²) < 4.78 is 0. The van der Waals surface area contributed by atoms with E-state index in [2.05, 4.69) is 28.9 Å². The van der Waals surface area contributed by atoms with Crippen LogP contribution >= 0.6 is 11.6 Å².